The van der Waals surface area contributed by atoms with Gasteiger partial charge in [-0.1, -0.05) is 0 Å². The average Bonchev–Trinajstić information content (AvgIpc) is 2.53. The Bertz CT molecular complexity index is 784. The Balaban J connectivity index is 2.24. The van der Waals surface area contributed by atoms with Gasteiger partial charge < -0.3 is 4.74 Å². The summed E-state index contributed by atoms with van der Waals surface area (Å²) in [6.45, 7) is 4.93. The number of aryl methyl sites for hydroxylation is 1. The molecule has 2 aromatic rings. The number of benzene rings is 1. The SMILES string of the molecule is CC(=O)c1cc(C)cc2nc(C#N)c(C3CCOCC3)cc12. The molecule has 0 aliphatic carbocycles. The first kappa shape index (κ1) is 14.7. The molecule has 0 bridgehead atoms. The van der Waals surface area contributed by atoms with Crippen LogP contribution in [0.1, 0.15) is 52.9 Å². The minimum absolute atomic E-state index is 0.0261. The molecule has 0 amide bonds. The number of nitrogens with zero attached hydrogens (tertiary/aromatic N) is 2. The fraction of sp³-hybridized carbons (Fsp3) is 0.389. The third-order valence-electron chi connectivity index (χ3n) is 4.25. The van der Waals surface area contributed by atoms with Crippen molar-refractivity contribution in [1.29, 1.82) is 5.26 Å². The number of aromatic nitrogens is 1. The van der Waals surface area contributed by atoms with Crippen molar-refractivity contribution >= 4 is 16.7 Å². The quantitative estimate of drug-likeness (QED) is 0.795. The summed E-state index contributed by atoms with van der Waals surface area (Å²) in [7, 11) is 0. The van der Waals surface area contributed by atoms with Crippen molar-refractivity contribution in [2.24, 2.45) is 0 Å². The van der Waals surface area contributed by atoms with E-state index < -0.39 is 0 Å². The third kappa shape index (κ3) is 2.60. The monoisotopic (exact) mass is 294 g/mol. The van der Waals surface area contributed by atoms with Crippen molar-refractivity contribution in [1.82, 2.24) is 4.98 Å². The predicted octanol–water partition coefficient (Wildman–Crippen LogP) is 3.51. The van der Waals surface area contributed by atoms with E-state index in [2.05, 4.69) is 11.1 Å². The van der Waals surface area contributed by atoms with Gasteiger partial charge in [0.05, 0.1) is 5.52 Å². The van der Waals surface area contributed by atoms with Crippen LogP contribution in [-0.2, 0) is 4.74 Å². The highest BCUT2D eigenvalue weighted by Crippen LogP contribution is 2.32. The molecule has 4 nitrogen and oxygen atoms in total. The van der Waals surface area contributed by atoms with Crippen LogP contribution < -0.4 is 0 Å². The third-order valence-corrected chi connectivity index (χ3v) is 4.25. The van der Waals surface area contributed by atoms with Crippen LogP contribution in [0, 0.1) is 18.3 Å². The summed E-state index contributed by atoms with van der Waals surface area (Å²) in [6, 6.07) is 8.03. The molecule has 1 aromatic heterocycles. The van der Waals surface area contributed by atoms with E-state index in [0.717, 1.165) is 34.9 Å². The van der Waals surface area contributed by atoms with E-state index >= 15 is 0 Å². The Morgan fingerprint density at radius 1 is 1.32 bits per heavy atom. The largest absolute Gasteiger partial charge is 0.381 e. The lowest BCUT2D eigenvalue weighted by atomic mass is 9.88. The van der Waals surface area contributed by atoms with Crippen LogP contribution in [0.4, 0.5) is 0 Å². The summed E-state index contributed by atoms with van der Waals surface area (Å²) in [6.07, 6.45) is 1.78. The first-order chi connectivity index (χ1) is 10.6. The fourth-order valence-corrected chi connectivity index (χ4v) is 3.13. The summed E-state index contributed by atoms with van der Waals surface area (Å²) in [5, 5.41) is 10.3. The van der Waals surface area contributed by atoms with Gasteiger partial charge in [0.15, 0.2) is 5.78 Å². The molecule has 1 fully saturated rings. The molecule has 0 spiro atoms. The Labute approximate surface area is 129 Å². The second-order valence-electron chi connectivity index (χ2n) is 5.86. The highest BCUT2D eigenvalue weighted by atomic mass is 16.5. The van der Waals surface area contributed by atoms with Crippen LogP contribution in [0.5, 0.6) is 0 Å². The number of hydrogen-bond donors (Lipinski definition) is 0. The molecule has 0 N–H and O–H groups in total. The van der Waals surface area contributed by atoms with Gasteiger partial charge in [-0.15, -0.1) is 0 Å². The Morgan fingerprint density at radius 2 is 2.05 bits per heavy atom. The number of carbonyl (C=O) groups excluding carboxylic acids is 1. The lowest BCUT2D eigenvalue weighted by Gasteiger charge is -2.23. The highest BCUT2D eigenvalue weighted by Gasteiger charge is 2.21. The van der Waals surface area contributed by atoms with Crippen molar-refractivity contribution in [2.75, 3.05) is 13.2 Å². The summed E-state index contributed by atoms with van der Waals surface area (Å²) < 4.78 is 5.40. The molecule has 2 heterocycles. The van der Waals surface area contributed by atoms with Gasteiger partial charge in [-0.05, 0) is 61.9 Å². The standard InChI is InChI=1S/C18H18N2O2/c1-11-7-14(12(2)21)16-9-15(13-3-5-22-6-4-13)18(10-19)20-17(16)8-11/h7-9,13H,3-6H2,1-2H3. The maximum Gasteiger partial charge on any atom is 0.160 e. The van der Waals surface area contributed by atoms with E-state index in [1.165, 1.54) is 0 Å². The number of hydrogen-bond acceptors (Lipinski definition) is 4. The first-order valence-electron chi connectivity index (χ1n) is 7.54. The molecule has 112 valence electrons. The van der Waals surface area contributed by atoms with Crippen LogP contribution in [-0.4, -0.2) is 24.0 Å². The van der Waals surface area contributed by atoms with Gasteiger partial charge in [-0.25, -0.2) is 4.98 Å². The average molecular weight is 294 g/mol. The zero-order valence-corrected chi connectivity index (χ0v) is 12.8. The second-order valence-corrected chi connectivity index (χ2v) is 5.86. The van der Waals surface area contributed by atoms with Gasteiger partial charge in [0.2, 0.25) is 0 Å². The Hall–Kier alpha value is -2.25. The van der Waals surface area contributed by atoms with Crippen LogP contribution in [0.3, 0.4) is 0 Å². The van der Waals surface area contributed by atoms with Crippen molar-refractivity contribution in [2.45, 2.75) is 32.6 Å². The molecule has 0 atom stereocenters. The molecule has 1 aromatic carbocycles. The predicted molar refractivity (Wildman–Crippen MR) is 84.0 cm³/mol. The Morgan fingerprint density at radius 3 is 2.68 bits per heavy atom. The zero-order chi connectivity index (χ0) is 15.7. The molecule has 22 heavy (non-hydrogen) atoms. The van der Waals surface area contributed by atoms with E-state index in [1.54, 1.807) is 6.92 Å². The van der Waals surface area contributed by atoms with E-state index in [9.17, 15) is 10.1 Å². The van der Waals surface area contributed by atoms with Crippen LogP contribution in [0.15, 0.2) is 18.2 Å². The minimum Gasteiger partial charge on any atom is -0.381 e. The normalized spacial score (nSPS) is 15.7. The molecule has 1 aliphatic heterocycles. The van der Waals surface area contributed by atoms with Crippen LogP contribution >= 0.6 is 0 Å². The molecule has 1 aliphatic rings. The molecule has 4 heteroatoms. The van der Waals surface area contributed by atoms with E-state index in [1.807, 2.05) is 25.1 Å². The van der Waals surface area contributed by atoms with Crippen molar-refractivity contribution < 1.29 is 9.53 Å². The number of pyridine rings is 1. The van der Waals surface area contributed by atoms with E-state index in [0.29, 0.717) is 24.5 Å². The lowest BCUT2D eigenvalue weighted by Crippen LogP contribution is -2.15. The maximum atomic E-state index is 11.9. The highest BCUT2D eigenvalue weighted by molar-refractivity contribution is 6.06. The summed E-state index contributed by atoms with van der Waals surface area (Å²) in [5.41, 5.74) is 3.80. The molecule has 0 unspecified atom stereocenters. The first-order valence-corrected chi connectivity index (χ1v) is 7.54. The van der Waals surface area contributed by atoms with E-state index in [4.69, 9.17) is 4.74 Å². The summed E-state index contributed by atoms with van der Waals surface area (Å²) in [5.74, 6) is 0.305. The van der Waals surface area contributed by atoms with Gasteiger partial charge in [0.25, 0.3) is 0 Å². The lowest BCUT2D eigenvalue weighted by molar-refractivity contribution is 0.0852. The van der Waals surface area contributed by atoms with Crippen molar-refractivity contribution in [3.8, 4) is 6.07 Å². The van der Waals surface area contributed by atoms with Gasteiger partial charge in [-0.3, -0.25) is 4.79 Å². The number of ether oxygens (including phenoxy) is 1. The number of nitriles is 1. The topological polar surface area (TPSA) is 63.0 Å². The molecule has 3 rings (SSSR count). The van der Waals surface area contributed by atoms with Gasteiger partial charge in [-0.2, -0.15) is 5.26 Å². The zero-order valence-electron chi connectivity index (χ0n) is 12.8. The van der Waals surface area contributed by atoms with Gasteiger partial charge in [0.1, 0.15) is 11.8 Å². The smallest absolute Gasteiger partial charge is 0.160 e. The second kappa shape index (κ2) is 5.86. The van der Waals surface area contributed by atoms with Crippen LogP contribution in [0.2, 0.25) is 0 Å². The number of ketones is 1. The minimum atomic E-state index is 0.0261. The number of fused-ring (bicyclic) bond motifs is 1. The number of carbonyl (C=O) groups is 1. The van der Waals surface area contributed by atoms with Crippen molar-refractivity contribution in [3.63, 3.8) is 0 Å². The molecule has 1 saturated heterocycles. The maximum absolute atomic E-state index is 11.9. The fourth-order valence-electron chi connectivity index (χ4n) is 3.13. The number of Topliss-reactive ketones (excluding diaryl/α,β-unsaturated/α-hetero) is 1. The molecular formula is C18H18N2O2. The van der Waals surface area contributed by atoms with Crippen molar-refractivity contribution in [3.05, 3.63) is 40.6 Å². The van der Waals surface area contributed by atoms with E-state index in [-0.39, 0.29) is 11.7 Å². The van der Waals surface area contributed by atoms with Crippen LogP contribution in [0.25, 0.3) is 10.9 Å². The van der Waals surface area contributed by atoms with Gasteiger partial charge >= 0.3 is 0 Å². The van der Waals surface area contributed by atoms with Gasteiger partial charge in [0, 0.05) is 24.2 Å². The Kier molecular flexibility index (Phi) is 3.91. The molecular weight excluding hydrogens is 276 g/mol. The summed E-state index contributed by atoms with van der Waals surface area (Å²) >= 11 is 0. The molecule has 0 saturated carbocycles. The summed E-state index contributed by atoms with van der Waals surface area (Å²) in [4.78, 5) is 16.5. The molecule has 0 radical (unpaired) electrons. The number of rotatable bonds is 2.